The zero-order valence-electron chi connectivity index (χ0n) is 13.7. The predicted molar refractivity (Wildman–Crippen MR) is 84.4 cm³/mol. The van der Waals surface area contributed by atoms with Crippen LogP contribution in [0.5, 0.6) is 5.75 Å². The number of benzene rings is 1. The van der Waals surface area contributed by atoms with E-state index in [0.717, 1.165) is 18.7 Å². The lowest BCUT2D eigenvalue weighted by molar-refractivity contribution is -0.152. The van der Waals surface area contributed by atoms with Crippen LogP contribution in [0.25, 0.3) is 0 Å². The first kappa shape index (κ1) is 17.5. The summed E-state index contributed by atoms with van der Waals surface area (Å²) in [4.78, 5) is 11.6. The Hall–Kier alpha value is -1.55. The maximum absolute atomic E-state index is 11.6. The third-order valence-corrected chi connectivity index (χ3v) is 3.42. The quantitative estimate of drug-likeness (QED) is 0.747. The molecule has 0 amide bonds. The van der Waals surface area contributed by atoms with Crippen LogP contribution in [0.2, 0.25) is 0 Å². The Labute approximate surface area is 127 Å². The largest absolute Gasteiger partial charge is 0.492 e. The molecule has 0 spiro atoms. The molecule has 1 atom stereocenters. The van der Waals surface area contributed by atoms with Gasteiger partial charge in [-0.2, -0.15) is 0 Å². The molecule has 0 heterocycles. The van der Waals surface area contributed by atoms with Crippen molar-refractivity contribution in [2.24, 2.45) is 5.41 Å². The van der Waals surface area contributed by atoms with Crippen LogP contribution in [0.4, 0.5) is 0 Å². The van der Waals surface area contributed by atoms with E-state index in [0.29, 0.717) is 12.6 Å². The van der Waals surface area contributed by atoms with Gasteiger partial charge in [0.1, 0.15) is 12.4 Å². The summed E-state index contributed by atoms with van der Waals surface area (Å²) in [7, 11) is 1.39. The van der Waals surface area contributed by atoms with Crippen molar-refractivity contribution in [3.8, 4) is 5.75 Å². The molecule has 0 radical (unpaired) electrons. The summed E-state index contributed by atoms with van der Waals surface area (Å²) in [6, 6.07) is 8.30. The smallest absolute Gasteiger partial charge is 0.314 e. The molecule has 0 fully saturated rings. The lowest BCUT2D eigenvalue weighted by atomic mass is 9.95. The van der Waals surface area contributed by atoms with E-state index >= 15 is 0 Å². The summed E-state index contributed by atoms with van der Waals surface area (Å²) in [6.45, 7) is 9.22. The first-order valence-corrected chi connectivity index (χ1v) is 7.45. The zero-order chi connectivity index (χ0) is 15.9. The minimum Gasteiger partial charge on any atom is -0.492 e. The molecule has 0 aromatic heterocycles. The fraction of sp³-hybridized carbons (Fsp3) is 0.588. The second-order valence-corrected chi connectivity index (χ2v) is 5.91. The molecule has 4 heteroatoms. The van der Waals surface area contributed by atoms with Gasteiger partial charge in [-0.05, 0) is 51.4 Å². The molecule has 0 saturated carbocycles. The minimum absolute atomic E-state index is 0.267. The van der Waals surface area contributed by atoms with Gasteiger partial charge in [-0.15, -0.1) is 0 Å². The van der Waals surface area contributed by atoms with Crippen molar-refractivity contribution in [1.29, 1.82) is 0 Å². The van der Waals surface area contributed by atoms with E-state index in [1.807, 2.05) is 38.1 Å². The Bertz CT molecular complexity index is 440. The van der Waals surface area contributed by atoms with Gasteiger partial charge in [-0.1, -0.05) is 19.1 Å². The Kier molecular flexibility index (Phi) is 6.69. The maximum Gasteiger partial charge on any atom is 0.314 e. The molecule has 0 aliphatic heterocycles. The highest BCUT2D eigenvalue weighted by molar-refractivity contribution is 5.75. The van der Waals surface area contributed by atoms with Gasteiger partial charge in [0.25, 0.3) is 0 Å². The molecule has 1 aromatic carbocycles. The third kappa shape index (κ3) is 5.38. The molecule has 0 saturated heterocycles. The highest BCUT2D eigenvalue weighted by Crippen LogP contribution is 2.22. The van der Waals surface area contributed by atoms with E-state index in [1.54, 1.807) is 0 Å². The number of esters is 1. The summed E-state index contributed by atoms with van der Waals surface area (Å²) in [5.74, 6) is 0.495. The van der Waals surface area contributed by atoms with Crippen LogP contribution in [0, 0.1) is 5.41 Å². The van der Waals surface area contributed by atoms with E-state index in [1.165, 1.54) is 12.7 Å². The van der Waals surface area contributed by atoms with Crippen molar-refractivity contribution >= 4 is 5.97 Å². The van der Waals surface area contributed by atoms with E-state index in [4.69, 9.17) is 9.47 Å². The predicted octanol–water partition coefficient (Wildman–Crippen LogP) is 3.33. The Morgan fingerprint density at radius 1 is 1.29 bits per heavy atom. The maximum atomic E-state index is 11.6. The van der Waals surface area contributed by atoms with Gasteiger partial charge < -0.3 is 14.8 Å². The van der Waals surface area contributed by atoms with E-state index in [-0.39, 0.29) is 5.97 Å². The molecular weight excluding hydrogens is 266 g/mol. The molecule has 0 bridgehead atoms. The molecule has 1 aromatic rings. The van der Waals surface area contributed by atoms with Gasteiger partial charge in [0.15, 0.2) is 0 Å². The molecule has 118 valence electrons. The van der Waals surface area contributed by atoms with Crippen molar-refractivity contribution < 1.29 is 14.3 Å². The number of methoxy groups -OCH3 is 1. The minimum atomic E-state index is -0.649. The Morgan fingerprint density at radius 3 is 2.43 bits per heavy atom. The number of carbonyl (C=O) groups is 1. The number of hydrogen-bond acceptors (Lipinski definition) is 4. The van der Waals surface area contributed by atoms with Crippen LogP contribution in [0.15, 0.2) is 24.3 Å². The second-order valence-electron chi connectivity index (χ2n) is 5.91. The zero-order valence-corrected chi connectivity index (χ0v) is 13.7. The average Bonchev–Trinajstić information content (AvgIpc) is 2.50. The van der Waals surface area contributed by atoms with E-state index < -0.39 is 5.41 Å². The van der Waals surface area contributed by atoms with Crippen molar-refractivity contribution in [1.82, 2.24) is 5.32 Å². The molecule has 1 rings (SSSR count). The van der Waals surface area contributed by atoms with Gasteiger partial charge in [0.05, 0.1) is 12.5 Å². The summed E-state index contributed by atoms with van der Waals surface area (Å²) in [5.41, 5.74) is 0.576. The van der Waals surface area contributed by atoms with Crippen LogP contribution in [0.1, 0.15) is 45.7 Å². The van der Waals surface area contributed by atoms with Gasteiger partial charge in [0.2, 0.25) is 0 Å². The highest BCUT2D eigenvalue weighted by Gasteiger charge is 2.29. The van der Waals surface area contributed by atoms with Crippen LogP contribution in [0.3, 0.4) is 0 Å². The van der Waals surface area contributed by atoms with Crippen molar-refractivity contribution in [2.45, 2.75) is 40.2 Å². The molecule has 1 N–H and O–H groups in total. The standard InChI is InChI=1S/C17H27NO3/c1-6-11-18-13(2)14-7-9-15(10-8-14)21-12-17(3,4)16(19)20-5/h7-10,13,18H,6,11-12H2,1-5H3. The number of carbonyl (C=O) groups excluding carboxylic acids is 1. The van der Waals surface area contributed by atoms with Crippen LogP contribution in [-0.4, -0.2) is 26.2 Å². The molecule has 21 heavy (non-hydrogen) atoms. The van der Waals surface area contributed by atoms with Crippen molar-refractivity contribution in [2.75, 3.05) is 20.3 Å². The average molecular weight is 293 g/mol. The molecule has 0 aliphatic carbocycles. The summed E-state index contributed by atoms with van der Waals surface area (Å²) >= 11 is 0. The summed E-state index contributed by atoms with van der Waals surface area (Å²) in [5, 5.41) is 3.44. The van der Waals surface area contributed by atoms with Gasteiger partial charge in [-0.3, -0.25) is 4.79 Å². The topological polar surface area (TPSA) is 47.6 Å². The van der Waals surface area contributed by atoms with Gasteiger partial charge >= 0.3 is 5.97 Å². The molecule has 4 nitrogen and oxygen atoms in total. The lowest BCUT2D eigenvalue weighted by Crippen LogP contribution is -2.32. The van der Waals surface area contributed by atoms with Gasteiger partial charge in [-0.25, -0.2) is 0 Å². The first-order chi connectivity index (χ1) is 9.90. The van der Waals surface area contributed by atoms with Crippen molar-refractivity contribution in [3.05, 3.63) is 29.8 Å². The third-order valence-electron chi connectivity index (χ3n) is 3.42. The van der Waals surface area contributed by atoms with Gasteiger partial charge in [0, 0.05) is 6.04 Å². The fourth-order valence-electron chi connectivity index (χ4n) is 1.93. The van der Waals surface area contributed by atoms with Crippen LogP contribution >= 0.6 is 0 Å². The first-order valence-electron chi connectivity index (χ1n) is 7.45. The number of ether oxygens (including phenoxy) is 2. The highest BCUT2D eigenvalue weighted by atomic mass is 16.5. The number of hydrogen-bond donors (Lipinski definition) is 1. The normalized spacial score (nSPS) is 12.8. The lowest BCUT2D eigenvalue weighted by Gasteiger charge is -2.22. The number of nitrogens with one attached hydrogen (secondary N) is 1. The monoisotopic (exact) mass is 293 g/mol. The second kappa shape index (κ2) is 8.03. The molecule has 0 aliphatic rings. The summed E-state index contributed by atoms with van der Waals surface area (Å²) in [6.07, 6.45) is 1.12. The Morgan fingerprint density at radius 2 is 1.90 bits per heavy atom. The summed E-state index contributed by atoms with van der Waals surface area (Å²) < 4.78 is 10.5. The van der Waals surface area contributed by atoms with E-state index in [9.17, 15) is 4.79 Å². The molecular formula is C17H27NO3. The molecule has 1 unspecified atom stereocenters. The number of rotatable bonds is 8. The van der Waals surface area contributed by atoms with E-state index in [2.05, 4.69) is 19.2 Å². The Balaban J connectivity index is 2.57. The van der Waals surface area contributed by atoms with Crippen molar-refractivity contribution in [3.63, 3.8) is 0 Å². The fourth-order valence-corrected chi connectivity index (χ4v) is 1.93. The van der Waals surface area contributed by atoms with Crippen LogP contribution in [-0.2, 0) is 9.53 Å². The van der Waals surface area contributed by atoms with Crippen LogP contribution < -0.4 is 10.1 Å². The SMILES string of the molecule is CCCNC(C)c1ccc(OCC(C)(C)C(=O)OC)cc1.